The fourth-order valence-electron chi connectivity index (χ4n) is 17.7. The summed E-state index contributed by atoms with van der Waals surface area (Å²) in [5.74, 6) is -21.1. The number of fused-ring (bicyclic) bond motifs is 3. The van der Waals surface area contributed by atoms with Crippen molar-refractivity contribution in [1.29, 1.82) is 0 Å². The normalized spacial score (nSPS) is 17.0. The van der Waals surface area contributed by atoms with E-state index in [1.807, 2.05) is 83.1 Å². The standard InChI is InChI=1S/3C31H30ClF4N7O2/c3*1-7-19(44)42-15(5)11-41(12-16(42)6)29-17-10-18(33)27(20-21(32)25(37)24(36)23(35)22(20)34)39-30(17)43(31(45)40-29)28-14(4)8-9-38-26(28)13(2)3/h3*7-10,13,15-16H,1,11-12,37H2,2-6H3/t3*15-,16+. The first-order valence-corrected chi connectivity index (χ1v) is 43.4. The minimum absolute atomic E-state index is 0.0591. The van der Waals surface area contributed by atoms with Crippen LogP contribution in [-0.4, -0.2) is 166 Å². The van der Waals surface area contributed by atoms with E-state index < -0.39 is 153 Å². The summed E-state index contributed by atoms with van der Waals surface area (Å²) in [6, 6.07) is 5.90. The smallest absolute Gasteiger partial charge is 0.355 e. The Labute approximate surface area is 779 Å². The monoisotopic (exact) mass is 1930 g/mol. The number of halogens is 15. The van der Waals surface area contributed by atoms with Crippen molar-refractivity contribution in [3.63, 3.8) is 0 Å². The second kappa shape index (κ2) is 38.4. The number of aryl methyl sites for hydroxylation is 3. The number of pyridine rings is 6. The van der Waals surface area contributed by atoms with Crippen LogP contribution in [0, 0.1) is 90.6 Å². The number of benzene rings is 3. The number of nitrogens with two attached hydrogens (primary N) is 3. The molecule has 42 heteroatoms. The van der Waals surface area contributed by atoms with Gasteiger partial charge in [0, 0.05) is 94.1 Å². The van der Waals surface area contributed by atoms with Gasteiger partial charge in [-0.05, 0) is 151 Å². The van der Waals surface area contributed by atoms with Gasteiger partial charge in [0.2, 0.25) is 17.7 Å². The van der Waals surface area contributed by atoms with Gasteiger partial charge in [0.05, 0.1) is 99.1 Å². The van der Waals surface area contributed by atoms with Crippen LogP contribution in [0.1, 0.15) is 135 Å². The molecular weight excluding hydrogens is 1840 g/mol. The highest BCUT2D eigenvalue weighted by Gasteiger charge is 2.41. The fraction of sp³-hybridized carbons (Fsp3) is 0.323. The number of aromatic nitrogens is 12. The van der Waals surface area contributed by atoms with E-state index in [-0.39, 0.29) is 162 Å². The Balaban J connectivity index is 0.000000171. The second-order valence-electron chi connectivity index (χ2n) is 34.1. The quantitative estimate of drug-likeness (QED) is 0.0282. The van der Waals surface area contributed by atoms with Gasteiger partial charge < -0.3 is 46.6 Å². The molecule has 3 fully saturated rings. The molecule has 3 aliphatic rings. The van der Waals surface area contributed by atoms with Crippen molar-refractivity contribution in [3.05, 3.63) is 243 Å². The third kappa shape index (κ3) is 17.5. The maximum Gasteiger partial charge on any atom is 0.355 e. The Morgan fingerprint density at radius 2 is 0.585 bits per heavy atom. The first-order chi connectivity index (χ1) is 63.6. The molecule has 0 bridgehead atoms. The van der Waals surface area contributed by atoms with E-state index >= 15 is 26.3 Å². The van der Waals surface area contributed by atoms with Gasteiger partial charge in [0.1, 0.15) is 34.5 Å². The van der Waals surface area contributed by atoms with Gasteiger partial charge in [0.15, 0.2) is 86.7 Å². The number of hydrogen-bond donors (Lipinski definition) is 3. The van der Waals surface area contributed by atoms with Crippen LogP contribution in [0.4, 0.5) is 87.2 Å². The minimum Gasteiger partial charge on any atom is -0.395 e. The van der Waals surface area contributed by atoms with Crippen molar-refractivity contribution in [2.45, 2.75) is 158 Å². The number of nitrogens with zero attached hydrogens (tertiary/aromatic N) is 18. The van der Waals surface area contributed by atoms with Crippen molar-refractivity contribution in [1.82, 2.24) is 73.3 Å². The molecule has 12 aromatic rings. The predicted octanol–water partition coefficient (Wildman–Crippen LogP) is 17.0. The Bertz CT molecular complexity index is 6380. The number of amides is 3. The van der Waals surface area contributed by atoms with Crippen molar-refractivity contribution in [2.24, 2.45) is 0 Å². The molecule has 15 rings (SSSR count). The molecule has 3 aromatic carbocycles. The first-order valence-electron chi connectivity index (χ1n) is 42.3. The Morgan fingerprint density at radius 3 is 0.785 bits per heavy atom. The predicted molar refractivity (Wildman–Crippen MR) is 494 cm³/mol. The average Bonchev–Trinajstić information content (AvgIpc) is 0.735. The fourth-order valence-corrected chi connectivity index (χ4v) is 18.5. The van der Waals surface area contributed by atoms with E-state index in [1.54, 1.807) is 87.0 Å². The molecule has 6 N–H and O–H groups in total. The van der Waals surface area contributed by atoms with Crippen molar-refractivity contribution in [3.8, 4) is 50.8 Å². The Morgan fingerprint density at radius 1 is 0.370 bits per heavy atom. The molecule has 135 heavy (non-hydrogen) atoms. The molecule has 6 atom stereocenters. The molecule has 3 amide bonds. The third-order valence-corrected chi connectivity index (χ3v) is 24.9. The van der Waals surface area contributed by atoms with E-state index in [0.717, 1.165) is 31.9 Å². The summed E-state index contributed by atoms with van der Waals surface area (Å²) < 4.78 is 183. The van der Waals surface area contributed by atoms with E-state index in [2.05, 4.69) is 64.6 Å². The van der Waals surface area contributed by atoms with Crippen molar-refractivity contribution >= 4 is 120 Å². The molecule has 27 nitrogen and oxygen atoms in total. The SMILES string of the molecule is C=CC(=O)N1[C@H](C)CN(c2nc(=O)n(-c3c(C)ccnc3C(C)C)c3nc(-c4c(F)c(F)c(F)c(N)c4Cl)c(F)cc23)C[C@@H]1C.C=CC(=O)N1[C@H](C)CN(c2nc(=O)n(-c3c(C)ccnc3C(C)C)c3nc(-c4c(F)c(F)c(F)c(N)c4Cl)c(F)cc23)C[C@@H]1C.C=CC(=O)N1[C@H](C)CN(c2nc(=O)n(-c3c(C)ccnc3C(C)C)c3nc(-c4c(F)c(F)c(F)c(N)c4Cl)c(F)cc23)C[C@@H]1C. The number of carbonyl (C=O) groups is 3. The molecule has 708 valence electrons. The van der Waals surface area contributed by atoms with Gasteiger partial charge in [-0.15, -0.1) is 0 Å². The molecule has 12 heterocycles. The molecule has 0 radical (unpaired) electrons. The summed E-state index contributed by atoms with van der Waals surface area (Å²) in [4.78, 5) is 129. The van der Waals surface area contributed by atoms with Crippen molar-refractivity contribution in [2.75, 3.05) is 71.2 Å². The molecule has 3 aliphatic heterocycles. The molecular formula is C93H90Cl3F12N21O6. The molecule has 0 unspecified atom stereocenters. The molecule has 0 aliphatic carbocycles. The van der Waals surface area contributed by atoms with E-state index in [0.29, 0.717) is 50.8 Å². The van der Waals surface area contributed by atoms with Gasteiger partial charge in [-0.1, -0.05) is 96.1 Å². The molecule has 0 spiro atoms. The zero-order chi connectivity index (χ0) is 99.2. The number of hydrogen-bond acceptors (Lipinski definition) is 21. The first kappa shape index (κ1) is 98.9. The number of anilines is 6. The summed E-state index contributed by atoms with van der Waals surface area (Å²) >= 11 is 18.4. The number of nitrogen functional groups attached to an aromatic ring is 3. The van der Waals surface area contributed by atoms with Crippen LogP contribution < -0.4 is 49.0 Å². The summed E-state index contributed by atoms with van der Waals surface area (Å²) in [5, 5.41) is -2.18. The van der Waals surface area contributed by atoms with Gasteiger partial charge in [-0.25, -0.2) is 95.7 Å². The maximum absolute atomic E-state index is 16.0. The van der Waals surface area contributed by atoms with Gasteiger partial charge in [-0.3, -0.25) is 29.3 Å². The maximum atomic E-state index is 16.0. The van der Waals surface area contributed by atoms with Crippen LogP contribution in [0.2, 0.25) is 15.1 Å². The lowest BCUT2D eigenvalue weighted by Crippen LogP contribution is -2.58. The highest BCUT2D eigenvalue weighted by molar-refractivity contribution is 6.37. The number of carbonyl (C=O) groups excluding carboxylic acids is 3. The Hall–Kier alpha value is -13.6. The number of rotatable bonds is 15. The molecule has 0 saturated carbocycles. The average molecular weight is 1930 g/mol. The van der Waals surface area contributed by atoms with Crippen LogP contribution in [0.25, 0.3) is 83.9 Å². The van der Waals surface area contributed by atoms with Gasteiger partial charge in [0.25, 0.3) is 0 Å². The lowest BCUT2D eigenvalue weighted by molar-refractivity contribution is -0.131. The lowest BCUT2D eigenvalue weighted by Gasteiger charge is -2.44. The largest absolute Gasteiger partial charge is 0.395 e. The summed E-state index contributed by atoms with van der Waals surface area (Å²) in [6.45, 7) is 39.4. The second-order valence-corrected chi connectivity index (χ2v) is 35.2. The van der Waals surface area contributed by atoms with Gasteiger partial charge in [-0.2, -0.15) is 15.0 Å². The summed E-state index contributed by atoms with van der Waals surface area (Å²) in [6.07, 6.45) is 8.39. The third-order valence-electron chi connectivity index (χ3n) is 23.7. The highest BCUT2D eigenvalue weighted by atomic mass is 35.5. The van der Waals surface area contributed by atoms with Crippen molar-refractivity contribution < 1.29 is 67.1 Å². The van der Waals surface area contributed by atoms with Crippen LogP contribution in [-0.2, 0) is 14.4 Å². The highest BCUT2D eigenvalue weighted by Crippen LogP contribution is 2.46. The summed E-state index contributed by atoms with van der Waals surface area (Å²) in [7, 11) is 0. The minimum atomic E-state index is -1.96. The lowest BCUT2D eigenvalue weighted by atomic mass is 10.0. The van der Waals surface area contributed by atoms with Crippen LogP contribution >= 0.6 is 34.8 Å². The molecule has 9 aromatic heterocycles. The Kier molecular flexibility index (Phi) is 28.2. The van der Waals surface area contributed by atoms with Crippen LogP contribution in [0.5, 0.6) is 0 Å². The van der Waals surface area contributed by atoms with E-state index in [4.69, 9.17) is 52.0 Å². The zero-order valence-electron chi connectivity index (χ0n) is 75.4. The molecule has 3 saturated heterocycles. The number of piperazine rings is 3. The van der Waals surface area contributed by atoms with Crippen LogP contribution in [0.3, 0.4) is 0 Å². The summed E-state index contributed by atoms with van der Waals surface area (Å²) in [5.41, 5.74) is 10.3. The zero-order valence-corrected chi connectivity index (χ0v) is 77.7. The van der Waals surface area contributed by atoms with E-state index in [9.17, 15) is 55.1 Å². The topological polar surface area (TPSA) is 331 Å². The van der Waals surface area contributed by atoms with E-state index in [1.165, 1.54) is 18.2 Å². The van der Waals surface area contributed by atoms with Gasteiger partial charge >= 0.3 is 17.1 Å². The van der Waals surface area contributed by atoms with Crippen LogP contribution in [0.15, 0.2) is 107 Å².